The molecule has 6 nitrogen and oxygen atoms in total. The molecule has 1 N–H and O–H groups in total. The number of hydrogen-bond acceptors (Lipinski definition) is 4. The van der Waals surface area contributed by atoms with Crippen LogP contribution in [0.25, 0.3) is 0 Å². The van der Waals surface area contributed by atoms with Crippen LogP contribution in [-0.4, -0.2) is 21.8 Å². The van der Waals surface area contributed by atoms with Crippen LogP contribution >= 0.6 is 0 Å². The second-order valence-corrected chi connectivity index (χ2v) is 4.94. The van der Waals surface area contributed by atoms with Gasteiger partial charge in [-0.3, -0.25) is 9.36 Å². The van der Waals surface area contributed by atoms with E-state index in [1.165, 1.54) is 30.6 Å². The van der Waals surface area contributed by atoms with E-state index in [0.717, 1.165) is 16.7 Å². The summed E-state index contributed by atoms with van der Waals surface area (Å²) >= 11 is 0. The Morgan fingerprint density at radius 3 is 2.58 bits per heavy atom. The van der Waals surface area contributed by atoms with Crippen LogP contribution in [0, 0.1) is 0 Å². The molecule has 9 heteroatoms. The number of carbonyl (C=O) groups is 1. The zero-order valence-corrected chi connectivity index (χ0v) is 12.6. The zero-order valence-electron chi connectivity index (χ0n) is 12.6. The summed E-state index contributed by atoms with van der Waals surface area (Å²) in [7, 11) is 0. The van der Waals surface area contributed by atoms with Crippen LogP contribution in [0.4, 0.5) is 13.2 Å². The number of hydrogen-bond donors (Lipinski definition) is 1. The van der Waals surface area contributed by atoms with Crippen molar-refractivity contribution in [2.24, 2.45) is 0 Å². The van der Waals surface area contributed by atoms with Crippen molar-refractivity contribution >= 4 is 5.91 Å². The smallest absolute Gasteiger partial charge is 0.406 e. The van der Waals surface area contributed by atoms with Gasteiger partial charge in [0.25, 0.3) is 0 Å². The van der Waals surface area contributed by atoms with Crippen molar-refractivity contribution in [1.29, 1.82) is 0 Å². The van der Waals surface area contributed by atoms with Gasteiger partial charge in [0.2, 0.25) is 5.91 Å². The maximum Gasteiger partial charge on any atom is 0.573 e. The molecule has 0 aliphatic carbocycles. The highest BCUT2D eigenvalue weighted by Gasteiger charge is 2.31. The quantitative estimate of drug-likeness (QED) is 0.903. The molecule has 0 radical (unpaired) electrons. The van der Waals surface area contributed by atoms with E-state index in [2.05, 4.69) is 15.0 Å². The number of amides is 1. The molecule has 1 aromatic carbocycles. The summed E-state index contributed by atoms with van der Waals surface area (Å²) in [6, 6.07) is 6.24. The molecule has 1 amide bonds. The number of ether oxygens (including phenoxy) is 1. The molecule has 0 aliphatic heterocycles. The van der Waals surface area contributed by atoms with Gasteiger partial charge in [-0.05, 0) is 30.7 Å². The largest absolute Gasteiger partial charge is 0.573 e. The van der Waals surface area contributed by atoms with E-state index in [1.54, 1.807) is 6.92 Å². The molecule has 24 heavy (non-hydrogen) atoms. The highest BCUT2D eigenvalue weighted by molar-refractivity contribution is 5.76. The molecule has 0 saturated heterocycles. The SMILES string of the molecule is C[C@@H](NC(=O)Cn1cccnc1=O)c1ccc(OC(F)(F)F)cc1. The Labute approximate surface area is 134 Å². The minimum absolute atomic E-state index is 0.202. The third-order valence-corrected chi connectivity index (χ3v) is 3.09. The number of aromatic nitrogens is 2. The van der Waals surface area contributed by atoms with Crippen molar-refractivity contribution in [3.8, 4) is 5.75 Å². The van der Waals surface area contributed by atoms with E-state index in [9.17, 15) is 22.8 Å². The van der Waals surface area contributed by atoms with E-state index in [-0.39, 0.29) is 12.3 Å². The van der Waals surface area contributed by atoms with E-state index in [1.807, 2.05) is 0 Å². The predicted molar refractivity (Wildman–Crippen MR) is 78.2 cm³/mol. The molecule has 0 aliphatic rings. The van der Waals surface area contributed by atoms with Gasteiger partial charge in [0.15, 0.2) is 0 Å². The summed E-state index contributed by atoms with van der Waals surface area (Å²) in [6.07, 6.45) is -1.99. The molecule has 0 unspecified atom stereocenters. The number of rotatable bonds is 5. The molecule has 0 fully saturated rings. The lowest BCUT2D eigenvalue weighted by atomic mass is 10.1. The van der Waals surface area contributed by atoms with Crippen molar-refractivity contribution in [3.63, 3.8) is 0 Å². The standard InChI is InChI=1S/C15H14F3N3O3/c1-10(11-3-5-12(6-4-11)24-15(16,17)18)20-13(22)9-21-8-2-7-19-14(21)23/h2-8,10H,9H2,1H3,(H,20,22)/t10-/m1/s1. The summed E-state index contributed by atoms with van der Waals surface area (Å²) in [5.74, 6) is -0.764. The molecule has 0 saturated carbocycles. The second kappa shape index (κ2) is 7.16. The van der Waals surface area contributed by atoms with E-state index < -0.39 is 24.0 Å². The minimum atomic E-state index is -4.75. The third-order valence-electron chi connectivity index (χ3n) is 3.09. The summed E-state index contributed by atoms with van der Waals surface area (Å²) in [4.78, 5) is 26.9. The van der Waals surface area contributed by atoms with E-state index in [4.69, 9.17) is 0 Å². The Kier molecular flexibility index (Phi) is 5.22. The Morgan fingerprint density at radius 2 is 2.00 bits per heavy atom. The van der Waals surface area contributed by atoms with Gasteiger partial charge in [-0.15, -0.1) is 13.2 Å². The Hall–Kier alpha value is -2.84. The van der Waals surface area contributed by atoms with E-state index >= 15 is 0 Å². The van der Waals surface area contributed by atoms with Crippen LogP contribution in [0.2, 0.25) is 0 Å². The lowest BCUT2D eigenvalue weighted by Gasteiger charge is -2.15. The number of halogens is 3. The monoisotopic (exact) mass is 341 g/mol. The predicted octanol–water partition coefficient (Wildman–Crippen LogP) is 2.02. The average molecular weight is 341 g/mol. The van der Waals surface area contributed by atoms with Crippen LogP contribution in [0.3, 0.4) is 0 Å². The first-order valence-electron chi connectivity index (χ1n) is 6.91. The van der Waals surface area contributed by atoms with Gasteiger partial charge in [0, 0.05) is 12.4 Å². The number of nitrogens with one attached hydrogen (secondary N) is 1. The lowest BCUT2D eigenvalue weighted by molar-refractivity contribution is -0.274. The van der Waals surface area contributed by atoms with Gasteiger partial charge in [0.1, 0.15) is 12.3 Å². The molecular formula is C15H14F3N3O3. The highest BCUT2D eigenvalue weighted by Crippen LogP contribution is 2.24. The van der Waals surface area contributed by atoms with Crippen molar-refractivity contribution in [1.82, 2.24) is 14.9 Å². The molecular weight excluding hydrogens is 327 g/mol. The number of carbonyl (C=O) groups excluding carboxylic acids is 1. The first-order chi connectivity index (χ1) is 11.2. The maximum absolute atomic E-state index is 12.1. The summed E-state index contributed by atoms with van der Waals surface area (Å²) < 4.78 is 41.2. The fraction of sp³-hybridized carbons (Fsp3) is 0.267. The Balaban J connectivity index is 1.96. The molecule has 1 heterocycles. The molecule has 0 bridgehead atoms. The van der Waals surface area contributed by atoms with Gasteiger partial charge in [-0.1, -0.05) is 12.1 Å². The molecule has 2 rings (SSSR count). The second-order valence-electron chi connectivity index (χ2n) is 4.94. The molecule has 1 aromatic heterocycles. The number of alkyl halides is 3. The zero-order chi connectivity index (χ0) is 17.7. The molecule has 1 atom stereocenters. The summed E-state index contributed by atoms with van der Waals surface area (Å²) in [5.41, 5.74) is 0.0466. The van der Waals surface area contributed by atoms with Gasteiger partial charge in [-0.2, -0.15) is 0 Å². The fourth-order valence-corrected chi connectivity index (χ4v) is 1.99. The third kappa shape index (κ3) is 5.11. The van der Waals surface area contributed by atoms with Gasteiger partial charge in [0.05, 0.1) is 6.04 Å². The van der Waals surface area contributed by atoms with Gasteiger partial charge in [-0.25, -0.2) is 9.78 Å². The fourth-order valence-electron chi connectivity index (χ4n) is 1.99. The topological polar surface area (TPSA) is 73.2 Å². The van der Waals surface area contributed by atoms with E-state index in [0.29, 0.717) is 5.56 Å². The minimum Gasteiger partial charge on any atom is -0.406 e. The molecule has 128 valence electrons. The van der Waals surface area contributed by atoms with Crippen LogP contribution in [0.5, 0.6) is 5.75 Å². The van der Waals surface area contributed by atoms with Crippen molar-refractivity contribution in [3.05, 3.63) is 58.8 Å². The molecule has 0 spiro atoms. The maximum atomic E-state index is 12.1. The van der Waals surface area contributed by atoms with Gasteiger partial charge < -0.3 is 10.1 Å². The number of benzene rings is 1. The van der Waals surface area contributed by atoms with Gasteiger partial charge >= 0.3 is 12.1 Å². The Bertz CT molecular complexity index is 757. The normalized spacial score (nSPS) is 12.5. The highest BCUT2D eigenvalue weighted by atomic mass is 19.4. The van der Waals surface area contributed by atoms with Crippen molar-refractivity contribution < 1.29 is 22.7 Å². The molecule has 2 aromatic rings. The van der Waals surface area contributed by atoms with Crippen molar-refractivity contribution in [2.45, 2.75) is 25.9 Å². The van der Waals surface area contributed by atoms with Crippen LogP contribution in [0.15, 0.2) is 47.5 Å². The summed E-state index contributed by atoms with van der Waals surface area (Å²) in [5, 5.41) is 2.65. The summed E-state index contributed by atoms with van der Waals surface area (Å²) in [6.45, 7) is 1.47. The first kappa shape index (κ1) is 17.5. The first-order valence-corrected chi connectivity index (χ1v) is 6.91. The van der Waals surface area contributed by atoms with Crippen LogP contribution in [0.1, 0.15) is 18.5 Å². The van der Waals surface area contributed by atoms with Crippen LogP contribution < -0.4 is 15.7 Å². The van der Waals surface area contributed by atoms with Crippen molar-refractivity contribution in [2.75, 3.05) is 0 Å². The average Bonchev–Trinajstić information content (AvgIpc) is 2.48. The Morgan fingerprint density at radius 1 is 1.33 bits per heavy atom. The lowest BCUT2D eigenvalue weighted by Crippen LogP contribution is -2.34. The number of nitrogens with zero attached hydrogens (tertiary/aromatic N) is 2. The van der Waals surface area contributed by atoms with Crippen LogP contribution in [-0.2, 0) is 11.3 Å².